The van der Waals surface area contributed by atoms with Gasteiger partial charge in [0, 0.05) is 6.21 Å². The summed E-state index contributed by atoms with van der Waals surface area (Å²) in [5, 5.41) is 11.9. The van der Waals surface area contributed by atoms with E-state index < -0.39 is 18.3 Å². The molecule has 0 aromatic heterocycles. The lowest BCUT2D eigenvalue weighted by Crippen LogP contribution is -2.20. The van der Waals surface area contributed by atoms with Crippen LogP contribution in [0.3, 0.4) is 0 Å². The molecule has 0 aliphatic rings. The number of amides is 1. The molecule has 0 fully saturated rings. The van der Waals surface area contributed by atoms with Gasteiger partial charge in [-0.1, -0.05) is 36.4 Å². The Bertz CT molecular complexity index is 438. The molecule has 0 saturated carbocycles. The highest BCUT2D eigenvalue weighted by Crippen LogP contribution is 1.99. The first-order valence-electron chi connectivity index (χ1n) is 4.94. The first-order chi connectivity index (χ1) is 8.18. The van der Waals surface area contributed by atoms with Gasteiger partial charge in [0.15, 0.2) is 0 Å². The van der Waals surface area contributed by atoms with E-state index in [0.717, 1.165) is 5.56 Å². The molecule has 1 aromatic rings. The van der Waals surface area contributed by atoms with Crippen LogP contribution < -0.4 is 5.43 Å². The second-order valence-corrected chi connectivity index (χ2v) is 3.15. The van der Waals surface area contributed by atoms with Crippen molar-refractivity contribution >= 4 is 24.2 Å². The van der Waals surface area contributed by atoms with Gasteiger partial charge >= 0.3 is 5.97 Å². The van der Waals surface area contributed by atoms with Crippen LogP contribution in [0.25, 0.3) is 6.08 Å². The molecule has 0 unspecified atom stereocenters. The van der Waals surface area contributed by atoms with E-state index in [4.69, 9.17) is 5.11 Å². The smallest absolute Gasteiger partial charge is 0.312 e. The van der Waals surface area contributed by atoms with E-state index in [-0.39, 0.29) is 0 Å². The Hall–Kier alpha value is -2.43. The summed E-state index contributed by atoms with van der Waals surface area (Å²) in [5.41, 5.74) is 3.11. The van der Waals surface area contributed by atoms with Crippen molar-refractivity contribution in [1.82, 2.24) is 5.43 Å². The summed E-state index contributed by atoms with van der Waals surface area (Å²) in [6.45, 7) is 0. The average molecular weight is 232 g/mol. The first kappa shape index (κ1) is 12.6. The zero-order chi connectivity index (χ0) is 12.5. The summed E-state index contributed by atoms with van der Waals surface area (Å²) in [4.78, 5) is 21.0. The summed E-state index contributed by atoms with van der Waals surface area (Å²) in [5.74, 6) is -1.83. The highest BCUT2D eigenvalue weighted by molar-refractivity contribution is 5.93. The van der Waals surface area contributed by atoms with Gasteiger partial charge < -0.3 is 5.11 Å². The van der Waals surface area contributed by atoms with Gasteiger partial charge in [0.2, 0.25) is 0 Å². The van der Waals surface area contributed by atoms with Gasteiger partial charge in [-0.3, -0.25) is 9.59 Å². The number of carboxylic acids is 1. The molecule has 17 heavy (non-hydrogen) atoms. The molecule has 88 valence electrons. The predicted molar refractivity (Wildman–Crippen MR) is 64.4 cm³/mol. The van der Waals surface area contributed by atoms with Gasteiger partial charge in [0.05, 0.1) is 0 Å². The third-order valence-corrected chi connectivity index (χ3v) is 1.75. The summed E-state index contributed by atoms with van der Waals surface area (Å²) in [6, 6.07) is 9.58. The molecule has 0 heterocycles. The van der Waals surface area contributed by atoms with Gasteiger partial charge in [-0.15, -0.1) is 0 Å². The number of nitrogens with one attached hydrogen (secondary N) is 1. The Labute approximate surface area is 98.5 Å². The van der Waals surface area contributed by atoms with Crippen LogP contribution in [0.4, 0.5) is 0 Å². The van der Waals surface area contributed by atoms with Gasteiger partial charge in [0.25, 0.3) is 5.91 Å². The first-order valence-corrected chi connectivity index (χ1v) is 4.94. The number of hydrogen-bond donors (Lipinski definition) is 2. The largest absolute Gasteiger partial charge is 0.481 e. The molecule has 0 aliphatic heterocycles. The summed E-state index contributed by atoms with van der Waals surface area (Å²) >= 11 is 0. The molecule has 0 radical (unpaired) electrons. The standard InChI is InChI=1S/C12H12N2O3/c15-11(9-12(16)17)14-13-8-4-7-10-5-2-1-3-6-10/h1-8H,9H2,(H,14,15)(H,16,17)/b7-4+,13-8+. The summed E-state index contributed by atoms with van der Waals surface area (Å²) < 4.78 is 0. The van der Waals surface area contributed by atoms with Gasteiger partial charge in [-0.2, -0.15) is 5.10 Å². The Morgan fingerprint density at radius 2 is 2.00 bits per heavy atom. The number of nitrogens with zero attached hydrogens (tertiary/aromatic N) is 1. The number of benzene rings is 1. The fourth-order valence-corrected chi connectivity index (χ4v) is 1.05. The molecule has 0 bridgehead atoms. The molecule has 2 N–H and O–H groups in total. The molecular formula is C12H12N2O3. The average Bonchev–Trinajstić information content (AvgIpc) is 2.29. The van der Waals surface area contributed by atoms with E-state index in [2.05, 4.69) is 10.5 Å². The van der Waals surface area contributed by atoms with Crippen molar-refractivity contribution in [3.8, 4) is 0 Å². The van der Waals surface area contributed by atoms with Crippen LogP contribution in [0.2, 0.25) is 0 Å². The van der Waals surface area contributed by atoms with Gasteiger partial charge in [-0.05, 0) is 11.6 Å². The highest BCUT2D eigenvalue weighted by atomic mass is 16.4. The molecule has 1 aromatic carbocycles. The quantitative estimate of drug-likeness (QED) is 0.456. The van der Waals surface area contributed by atoms with E-state index >= 15 is 0 Å². The van der Waals surface area contributed by atoms with Gasteiger partial charge in [0.1, 0.15) is 6.42 Å². The number of rotatable bonds is 5. The topological polar surface area (TPSA) is 78.8 Å². The van der Waals surface area contributed by atoms with Crippen LogP contribution in [-0.4, -0.2) is 23.2 Å². The third-order valence-electron chi connectivity index (χ3n) is 1.75. The lowest BCUT2D eigenvalue weighted by molar-refractivity contribution is -0.140. The number of carbonyl (C=O) groups is 2. The van der Waals surface area contributed by atoms with Crippen LogP contribution in [0.1, 0.15) is 12.0 Å². The Kier molecular flexibility index (Phi) is 5.16. The molecule has 5 heteroatoms. The Morgan fingerprint density at radius 3 is 2.65 bits per heavy atom. The van der Waals surface area contributed by atoms with Gasteiger partial charge in [-0.25, -0.2) is 5.43 Å². The SMILES string of the molecule is O=C(O)CC(=O)N/N=C/C=C/c1ccccc1. The highest BCUT2D eigenvalue weighted by Gasteiger charge is 2.04. The molecule has 0 aliphatic carbocycles. The van der Waals surface area contributed by atoms with Crippen molar-refractivity contribution in [2.45, 2.75) is 6.42 Å². The normalized spacial score (nSPS) is 10.8. The second kappa shape index (κ2) is 6.95. The van der Waals surface area contributed by atoms with Crippen LogP contribution in [-0.2, 0) is 9.59 Å². The van der Waals surface area contributed by atoms with E-state index in [1.807, 2.05) is 36.4 Å². The zero-order valence-electron chi connectivity index (χ0n) is 9.04. The number of hydrazone groups is 1. The predicted octanol–water partition coefficient (Wildman–Crippen LogP) is 1.28. The van der Waals surface area contributed by atoms with E-state index in [1.54, 1.807) is 6.08 Å². The van der Waals surface area contributed by atoms with Crippen LogP contribution in [0, 0.1) is 0 Å². The lowest BCUT2D eigenvalue weighted by atomic mass is 10.2. The lowest BCUT2D eigenvalue weighted by Gasteiger charge is -1.93. The molecular weight excluding hydrogens is 220 g/mol. The number of hydrogen-bond acceptors (Lipinski definition) is 3. The fourth-order valence-electron chi connectivity index (χ4n) is 1.05. The second-order valence-electron chi connectivity index (χ2n) is 3.15. The molecule has 0 saturated heterocycles. The third kappa shape index (κ3) is 5.88. The zero-order valence-corrected chi connectivity index (χ0v) is 9.04. The van der Waals surface area contributed by atoms with E-state index in [0.29, 0.717) is 0 Å². The number of allylic oxidation sites excluding steroid dienone is 1. The minimum Gasteiger partial charge on any atom is -0.481 e. The molecule has 0 spiro atoms. The number of aliphatic carboxylic acids is 1. The Balaban J connectivity index is 2.33. The minimum absolute atomic E-state index is 0.584. The maximum absolute atomic E-state index is 10.9. The molecule has 0 atom stereocenters. The van der Waals surface area contributed by atoms with E-state index in [9.17, 15) is 9.59 Å². The number of carboxylic acid groups (broad SMARTS) is 1. The van der Waals surface area contributed by atoms with Crippen LogP contribution in [0.5, 0.6) is 0 Å². The maximum atomic E-state index is 10.9. The van der Waals surface area contributed by atoms with Crippen LogP contribution in [0.15, 0.2) is 41.5 Å². The minimum atomic E-state index is -1.18. The van der Waals surface area contributed by atoms with E-state index in [1.165, 1.54) is 6.21 Å². The van der Waals surface area contributed by atoms with Crippen molar-refractivity contribution in [3.05, 3.63) is 42.0 Å². The van der Waals surface area contributed by atoms with Crippen molar-refractivity contribution < 1.29 is 14.7 Å². The number of carbonyl (C=O) groups excluding carboxylic acids is 1. The van der Waals surface area contributed by atoms with Crippen molar-refractivity contribution in [1.29, 1.82) is 0 Å². The molecule has 5 nitrogen and oxygen atoms in total. The van der Waals surface area contributed by atoms with Crippen molar-refractivity contribution in [2.24, 2.45) is 5.10 Å². The van der Waals surface area contributed by atoms with Crippen molar-refractivity contribution in [2.75, 3.05) is 0 Å². The van der Waals surface area contributed by atoms with Crippen LogP contribution >= 0.6 is 0 Å². The molecule has 1 amide bonds. The summed E-state index contributed by atoms with van der Waals surface area (Å²) in [6.07, 6.45) is 4.26. The maximum Gasteiger partial charge on any atom is 0.312 e. The monoisotopic (exact) mass is 232 g/mol. The molecule has 1 rings (SSSR count). The van der Waals surface area contributed by atoms with Crippen molar-refractivity contribution in [3.63, 3.8) is 0 Å². The fraction of sp³-hybridized carbons (Fsp3) is 0.0833. The Morgan fingerprint density at radius 1 is 1.29 bits per heavy atom. The summed E-state index contributed by atoms with van der Waals surface area (Å²) in [7, 11) is 0.